The number of hydrogen-bond acceptors (Lipinski definition) is 4. The van der Waals surface area contributed by atoms with E-state index in [1.54, 1.807) is 36.7 Å². The Balaban J connectivity index is 1.32. The predicted molar refractivity (Wildman–Crippen MR) is 121 cm³/mol. The molecule has 0 fully saturated rings. The smallest absolute Gasteiger partial charge is 0.265 e. The van der Waals surface area contributed by atoms with Crippen molar-refractivity contribution in [1.29, 1.82) is 0 Å². The largest absolute Gasteiger partial charge is 0.325 e. The summed E-state index contributed by atoms with van der Waals surface area (Å²) in [7, 11) is -3.76. The zero-order chi connectivity index (χ0) is 21.4. The molecule has 31 heavy (non-hydrogen) atoms. The van der Waals surface area contributed by atoms with E-state index in [4.69, 9.17) is 0 Å². The summed E-state index contributed by atoms with van der Waals surface area (Å²) in [5.74, 6) is -0.393. The summed E-state index contributed by atoms with van der Waals surface area (Å²) in [4.78, 5) is 16.9. The lowest BCUT2D eigenvalue weighted by Crippen LogP contribution is -2.35. The van der Waals surface area contributed by atoms with Crippen LogP contribution in [0.5, 0.6) is 0 Å². The summed E-state index contributed by atoms with van der Waals surface area (Å²) in [6.07, 6.45) is 4.29. The van der Waals surface area contributed by atoms with Crippen molar-refractivity contribution in [3.05, 3.63) is 96.3 Å². The molecular weight excluding hydrogens is 410 g/mol. The minimum atomic E-state index is -3.76. The molecule has 2 heterocycles. The van der Waals surface area contributed by atoms with Gasteiger partial charge in [-0.1, -0.05) is 36.4 Å². The Bertz CT molecular complexity index is 1380. The average Bonchev–Trinajstić information content (AvgIpc) is 2.99. The Hall–Kier alpha value is -3.71. The maximum Gasteiger partial charge on any atom is 0.265 e. The van der Waals surface area contributed by atoms with Crippen molar-refractivity contribution in [2.75, 3.05) is 16.2 Å². The molecule has 1 aliphatic heterocycles. The zero-order valence-electron chi connectivity index (χ0n) is 16.5. The molecule has 1 N–H and O–H groups in total. The van der Waals surface area contributed by atoms with E-state index in [1.165, 1.54) is 4.31 Å². The fourth-order valence-electron chi connectivity index (χ4n) is 3.90. The Morgan fingerprint density at radius 3 is 2.29 bits per heavy atom. The van der Waals surface area contributed by atoms with Crippen LogP contribution in [-0.4, -0.2) is 25.9 Å². The van der Waals surface area contributed by atoms with Gasteiger partial charge in [-0.15, -0.1) is 0 Å². The SMILES string of the molecule is O=C(CN1c2cccc3cccc(c23)S1(=O)=O)Nc1ccc(Cc2ccncc2)cc1. The van der Waals surface area contributed by atoms with Crippen molar-refractivity contribution in [3.63, 3.8) is 0 Å². The van der Waals surface area contributed by atoms with Crippen LogP contribution < -0.4 is 9.62 Å². The van der Waals surface area contributed by atoms with E-state index < -0.39 is 15.9 Å². The highest BCUT2D eigenvalue weighted by Crippen LogP contribution is 2.41. The molecule has 7 heteroatoms. The van der Waals surface area contributed by atoms with Crippen LogP contribution in [0.25, 0.3) is 10.8 Å². The number of nitrogens with zero attached hydrogens (tertiary/aromatic N) is 2. The van der Waals surface area contributed by atoms with Crippen LogP contribution in [0, 0.1) is 0 Å². The minimum Gasteiger partial charge on any atom is -0.325 e. The van der Waals surface area contributed by atoms with Gasteiger partial charge in [0, 0.05) is 23.5 Å². The first-order valence-corrected chi connectivity index (χ1v) is 11.3. The van der Waals surface area contributed by atoms with Crippen LogP contribution in [0.3, 0.4) is 0 Å². The summed E-state index contributed by atoms with van der Waals surface area (Å²) in [6.45, 7) is -0.283. The van der Waals surface area contributed by atoms with E-state index in [-0.39, 0.29) is 11.4 Å². The molecule has 0 unspecified atom stereocenters. The van der Waals surface area contributed by atoms with Crippen LogP contribution in [-0.2, 0) is 21.2 Å². The third kappa shape index (κ3) is 3.53. The topological polar surface area (TPSA) is 79.4 Å². The van der Waals surface area contributed by atoms with Crippen molar-refractivity contribution in [1.82, 2.24) is 4.98 Å². The average molecular weight is 430 g/mol. The van der Waals surface area contributed by atoms with Crippen molar-refractivity contribution in [2.45, 2.75) is 11.3 Å². The summed E-state index contributed by atoms with van der Waals surface area (Å²) in [5, 5.41) is 4.31. The lowest BCUT2D eigenvalue weighted by Gasteiger charge is -2.18. The number of hydrogen-bond donors (Lipinski definition) is 1. The molecule has 0 saturated carbocycles. The summed E-state index contributed by atoms with van der Waals surface area (Å²) >= 11 is 0. The van der Waals surface area contributed by atoms with Gasteiger partial charge in [0.2, 0.25) is 5.91 Å². The number of amides is 1. The molecule has 154 valence electrons. The molecule has 0 aliphatic carbocycles. The molecular formula is C24H19N3O3S. The van der Waals surface area contributed by atoms with Gasteiger partial charge < -0.3 is 5.32 Å². The van der Waals surface area contributed by atoms with E-state index in [0.717, 1.165) is 22.9 Å². The molecule has 0 saturated heterocycles. The van der Waals surface area contributed by atoms with Gasteiger partial charge in [-0.05, 0) is 59.3 Å². The standard InChI is InChI=1S/C24H19N3O3S/c28-23(26-20-9-7-17(8-10-20)15-18-11-13-25-14-12-18)16-27-21-5-1-3-19-4-2-6-22(24(19)21)31(27,29)30/h1-14H,15-16H2,(H,26,28). The lowest BCUT2D eigenvalue weighted by atomic mass is 10.1. The fraction of sp³-hybridized carbons (Fsp3) is 0.0833. The Kier molecular flexibility index (Phi) is 4.67. The first kappa shape index (κ1) is 19.3. The van der Waals surface area contributed by atoms with Crippen LogP contribution in [0.2, 0.25) is 0 Å². The second kappa shape index (κ2) is 7.52. The third-order valence-electron chi connectivity index (χ3n) is 5.36. The number of pyridine rings is 1. The highest BCUT2D eigenvalue weighted by atomic mass is 32.2. The monoisotopic (exact) mass is 429 g/mol. The van der Waals surface area contributed by atoms with E-state index in [9.17, 15) is 13.2 Å². The Morgan fingerprint density at radius 1 is 0.871 bits per heavy atom. The van der Waals surface area contributed by atoms with Gasteiger partial charge in [-0.3, -0.25) is 14.1 Å². The molecule has 0 radical (unpaired) electrons. The molecule has 0 spiro atoms. The van der Waals surface area contributed by atoms with Gasteiger partial charge in [-0.25, -0.2) is 8.42 Å². The van der Waals surface area contributed by atoms with Crippen molar-refractivity contribution < 1.29 is 13.2 Å². The van der Waals surface area contributed by atoms with Crippen LogP contribution in [0.4, 0.5) is 11.4 Å². The van der Waals surface area contributed by atoms with E-state index in [2.05, 4.69) is 10.3 Å². The Morgan fingerprint density at radius 2 is 1.55 bits per heavy atom. The number of rotatable bonds is 5. The van der Waals surface area contributed by atoms with Gasteiger partial charge in [-0.2, -0.15) is 0 Å². The molecule has 1 amide bonds. The molecule has 4 aromatic rings. The second-order valence-corrected chi connectivity index (χ2v) is 9.25. The zero-order valence-corrected chi connectivity index (χ0v) is 17.3. The number of sulfonamides is 1. The molecule has 3 aromatic carbocycles. The van der Waals surface area contributed by atoms with Crippen LogP contribution in [0.1, 0.15) is 11.1 Å². The summed E-state index contributed by atoms with van der Waals surface area (Å²) in [6, 6.07) is 22.0. The van der Waals surface area contributed by atoms with Crippen LogP contribution in [0.15, 0.2) is 90.1 Å². The molecule has 0 bridgehead atoms. The van der Waals surface area contributed by atoms with Gasteiger partial charge in [0.05, 0.1) is 10.6 Å². The van der Waals surface area contributed by atoms with E-state index in [1.807, 2.05) is 48.5 Å². The van der Waals surface area contributed by atoms with Gasteiger partial charge >= 0.3 is 0 Å². The lowest BCUT2D eigenvalue weighted by molar-refractivity contribution is -0.114. The maximum absolute atomic E-state index is 13.0. The highest BCUT2D eigenvalue weighted by Gasteiger charge is 2.36. The van der Waals surface area contributed by atoms with E-state index >= 15 is 0 Å². The molecule has 0 atom stereocenters. The normalized spacial score (nSPS) is 14.0. The Labute approximate surface area is 180 Å². The fourth-order valence-corrected chi connectivity index (χ4v) is 5.57. The predicted octanol–water partition coefficient (Wildman–Crippen LogP) is 3.97. The number of carbonyl (C=O) groups excluding carboxylic acids is 1. The van der Waals surface area contributed by atoms with Gasteiger partial charge in [0.1, 0.15) is 6.54 Å². The van der Waals surface area contributed by atoms with Crippen molar-refractivity contribution in [2.24, 2.45) is 0 Å². The maximum atomic E-state index is 13.0. The third-order valence-corrected chi connectivity index (χ3v) is 7.17. The first-order valence-electron chi connectivity index (χ1n) is 9.84. The number of aromatic nitrogens is 1. The molecule has 6 nitrogen and oxygen atoms in total. The molecule has 5 rings (SSSR count). The number of carbonyl (C=O) groups is 1. The summed E-state index contributed by atoms with van der Waals surface area (Å²) < 4.78 is 27.2. The highest BCUT2D eigenvalue weighted by molar-refractivity contribution is 7.93. The molecule has 1 aliphatic rings. The van der Waals surface area contributed by atoms with Crippen molar-refractivity contribution in [3.8, 4) is 0 Å². The van der Waals surface area contributed by atoms with E-state index in [0.29, 0.717) is 16.8 Å². The molecule has 1 aromatic heterocycles. The quantitative estimate of drug-likeness (QED) is 0.521. The number of benzene rings is 3. The number of nitrogens with one attached hydrogen (secondary N) is 1. The number of anilines is 2. The minimum absolute atomic E-state index is 0.244. The van der Waals surface area contributed by atoms with Crippen LogP contribution >= 0.6 is 0 Å². The van der Waals surface area contributed by atoms with Gasteiger partial charge in [0.25, 0.3) is 10.0 Å². The first-order chi connectivity index (χ1) is 15.0. The summed E-state index contributed by atoms with van der Waals surface area (Å²) in [5.41, 5.74) is 3.42. The second-order valence-electron chi connectivity index (χ2n) is 7.42. The van der Waals surface area contributed by atoms with Gasteiger partial charge in [0.15, 0.2) is 0 Å². The van der Waals surface area contributed by atoms with Crippen molar-refractivity contribution >= 4 is 38.1 Å².